The van der Waals surface area contributed by atoms with Crippen molar-refractivity contribution in [1.29, 1.82) is 0 Å². The van der Waals surface area contributed by atoms with Crippen LogP contribution >= 0.6 is 0 Å². The number of methoxy groups -OCH3 is 1. The Morgan fingerprint density at radius 3 is 2.48 bits per heavy atom. The highest BCUT2D eigenvalue weighted by Crippen LogP contribution is 2.38. The van der Waals surface area contributed by atoms with Crippen molar-refractivity contribution in [2.75, 3.05) is 18.6 Å². The van der Waals surface area contributed by atoms with Crippen molar-refractivity contribution in [1.82, 2.24) is 4.98 Å². The molecule has 0 saturated carbocycles. The highest BCUT2D eigenvalue weighted by atomic mass is 16.6. The van der Waals surface area contributed by atoms with Gasteiger partial charge >= 0.3 is 0 Å². The molecule has 0 bridgehead atoms. The molecule has 4 rings (SSSR count). The molecule has 0 fully saturated rings. The van der Waals surface area contributed by atoms with Gasteiger partial charge in [-0.1, -0.05) is 44.0 Å². The molecule has 8 heteroatoms. The quantitative estimate of drug-likeness (QED) is 0.610. The number of hydrogen-bond donors (Lipinski definition) is 1. The third-order valence-corrected chi connectivity index (χ3v) is 6.28. The molecule has 1 N–H and O–H groups in total. The molecule has 2 aliphatic heterocycles. The van der Waals surface area contributed by atoms with E-state index in [1.165, 1.54) is 18.2 Å². The van der Waals surface area contributed by atoms with Crippen LogP contribution in [0.15, 0.2) is 59.1 Å². The minimum Gasteiger partial charge on any atom is -0.503 e. The summed E-state index contributed by atoms with van der Waals surface area (Å²) < 4.78 is 5.07. The second-order valence-electron chi connectivity index (χ2n) is 8.05. The molecule has 1 amide bonds. The number of amides is 1. The molecule has 2 aliphatic rings. The van der Waals surface area contributed by atoms with Gasteiger partial charge in [0.15, 0.2) is 11.5 Å². The van der Waals surface area contributed by atoms with E-state index < -0.39 is 23.5 Å². The number of aromatic nitrogens is 1. The van der Waals surface area contributed by atoms with Crippen LogP contribution in [0.2, 0.25) is 0 Å². The van der Waals surface area contributed by atoms with Gasteiger partial charge in [0.05, 0.1) is 24.4 Å². The highest BCUT2D eigenvalue weighted by Gasteiger charge is 2.46. The number of hydrogen-bond acceptors (Lipinski definition) is 7. The number of ketones is 1. The first-order valence-corrected chi connectivity index (χ1v) is 11.1. The molecule has 1 aromatic heterocycles. The van der Waals surface area contributed by atoms with Crippen molar-refractivity contribution >= 4 is 23.1 Å². The number of carbonyl (C=O) groups is 2. The summed E-state index contributed by atoms with van der Waals surface area (Å²) in [7, 11) is 1.49. The van der Waals surface area contributed by atoms with Gasteiger partial charge < -0.3 is 14.7 Å². The summed E-state index contributed by atoms with van der Waals surface area (Å²) in [6.45, 7) is 4.59. The van der Waals surface area contributed by atoms with Crippen molar-refractivity contribution < 1.29 is 24.3 Å². The lowest BCUT2D eigenvalue weighted by atomic mass is 9.85. The molecule has 0 aliphatic carbocycles. The van der Waals surface area contributed by atoms with Crippen LogP contribution in [0.25, 0.3) is 0 Å². The number of aliphatic hydroxyl groups is 1. The predicted octanol–water partition coefficient (Wildman–Crippen LogP) is 4.06. The van der Waals surface area contributed by atoms with E-state index in [9.17, 15) is 14.7 Å². The van der Waals surface area contributed by atoms with Crippen LogP contribution in [0, 0.1) is 5.92 Å². The van der Waals surface area contributed by atoms with E-state index >= 15 is 0 Å². The van der Waals surface area contributed by atoms with Crippen molar-refractivity contribution in [2.45, 2.75) is 39.2 Å². The number of benzene rings is 1. The fourth-order valence-corrected chi connectivity index (χ4v) is 4.44. The number of carbonyl (C=O) groups excluding carboxylic acids is 2. The van der Waals surface area contributed by atoms with Crippen LogP contribution in [0.4, 0.5) is 5.69 Å². The summed E-state index contributed by atoms with van der Waals surface area (Å²) in [5.74, 6) is -1.14. The molecule has 1 atom stereocenters. The van der Waals surface area contributed by atoms with Gasteiger partial charge in [0.1, 0.15) is 6.61 Å². The third kappa shape index (κ3) is 4.08. The van der Waals surface area contributed by atoms with Gasteiger partial charge in [-0.2, -0.15) is 0 Å². The maximum Gasteiger partial charge on any atom is 0.294 e. The van der Waals surface area contributed by atoms with Gasteiger partial charge in [0.2, 0.25) is 5.88 Å². The molecule has 0 radical (unpaired) electrons. The molecular formula is C25H27N3O5. The van der Waals surface area contributed by atoms with Crippen LogP contribution in [0.3, 0.4) is 0 Å². The van der Waals surface area contributed by atoms with Gasteiger partial charge in [0.25, 0.3) is 5.91 Å². The molecule has 8 nitrogen and oxygen atoms in total. The molecule has 0 saturated heterocycles. The Bertz CT molecular complexity index is 1100. The van der Waals surface area contributed by atoms with Gasteiger partial charge in [0, 0.05) is 29.9 Å². The first-order valence-electron chi connectivity index (χ1n) is 11.1. The summed E-state index contributed by atoms with van der Waals surface area (Å²) in [5, 5.41) is 14.9. The lowest BCUT2D eigenvalue weighted by molar-refractivity contribution is -0.117. The van der Waals surface area contributed by atoms with E-state index in [4.69, 9.17) is 9.57 Å². The Balaban J connectivity index is 1.72. The van der Waals surface area contributed by atoms with Crippen LogP contribution < -0.4 is 9.64 Å². The molecule has 1 aromatic carbocycles. The van der Waals surface area contributed by atoms with Gasteiger partial charge in [-0.3, -0.25) is 14.5 Å². The zero-order chi connectivity index (χ0) is 23.5. The fourth-order valence-electron chi connectivity index (χ4n) is 4.44. The molecule has 2 aromatic rings. The Morgan fingerprint density at radius 1 is 1.21 bits per heavy atom. The molecule has 3 heterocycles. The van der Waals surface area contributed by atoms with Crippen molar-refractivity contribution in [2.24, 2.45) is 11.1 Å². The topological polar surface area (TPSA) is 101 Å². The number of ether oxygens (including phenoxy) is 1. The molecule has 1 unspecified atom stereocenters. The van der Waals surface area contributed by atoms with Gasteiger partial charge in [-0.15, -0.1) is 0 Å². The normalized spacial score (nSPS) is 18.1. The zero-order valence-electron chi connectivity index (χ0n) is 18.9. The minimum atomic E-state index is -0.583. The fraction of sp³-hybridized carbons (Fsp3) is 0.360. The average Bonchev–Trinajstić information content (AvgIpc) is 3.47. The van der Waals surface area contributed by atoms with E-state index in [0.29, 0.717) is 18.2 Å². The summed E-state index contributed by atoms with van der Waals surface area (Å²) >= 11 is 0. The first-order chi connectivity index (χ1) is 16.0. The number of rotatable bonds is 8. The Morgan fingerprint density at radius 2 is 1.94 bits per heavy atom. The zero-order valence-corrected chi connectivity index (χ0v) is 18.9. The number of aliphatic hydroxyl groups excluding tert-OH is 1. The number of Topliss-reactive ketones (excluding diaryl/α,β-unsaturated/α-hetero) is 1. The second-order valence-corrected chi connectivity index (χ2v) is 8.05. The summed E-state index contributed by atoms with van der Waals surface area (Å²) in [6, 6.07) is 9.98. The second kappa shape index (κ2) is 9.44. The Kier molecular flexibility index (Phi) is 6.44. The van der Waals surface area contributed by atoms with E-state index in [1.807, 2.05) is 38.1 Å². The maximum atomic E-state index is 13.4. The van der Waals surface area contributed by atoms with E-state index in [2.05, 4.69) is 10.1 Å². The first kappa shape index (κ1) is 22.5. The van der Waals surface area contributed by atoms with Crippen molar-refractivity contribution in [3.05, 3.63) is 65.1 Å². The molecule has 0 spiro atoms. The van der Waals surface area contributed by atoms with Crippen LogP contribution in [0.1, 0.15) is 49.0 Å². The standard InChI is InChI=1S/C25H27N3O5/c1-4-15(5-2)22-21(23(29)17-8-11-20(32-3)26-14-17)24(30)25(31)28(22)18-9-6-16(7-10-18)19-12-13-33-27-19/h6-11,14-15,22,30H,4-5,12-13H2,1-3H3. The Hall–Kier alpha value is -3.68. The monoisotopic (exact) mass is 449 g/mol. The van der Waals surface area contributed by atoms with Crippen LogP contribution in [-0.2, 0) is 9.63 Å². The summed E-state index contributed by atoms with van der Waals surface area (Å²) in [6.07, 6.45) is 3.61. The molecule has 172 valence electrons. The maximum absolute atomic E-state index is 13.4. The lowest BCUT2D eigenvalue weighted by Gasteiger charge is -2.32. The van der Waals surface area contributed by atoms with E-state index in [1.54, 1.807) is 12.1 Å². The number of anilines is 1. The number of pyridine rings is 1. The average molecular weight is 450 g/mol. The summed E-state index contributed by atoms with van der Waals surface area (Å²) in [5.41, 5.74) is 2.78. The largest absolute Gasteiger partial charge is 0.503 e. The summed E-state index contributed by atoms with van der Waals surface area (Å²) in [4.78, 5) is 37.4. The third-order valence-electron chi connectivity index (χ3n) is 6.28. The van der Waals surface area contributed by atoms with Crippen LogP contribution in [0.5, 0.6) is 5.88 Å². The molecule has 33 heavy (non-hydrogen) atoms. The van der Waals surface area contributed by atoms with E-state index in [-0.39, 0.29) is 17.1 Å². The molecular weight excluding hydrogens is 422 g/mol. The van der Waals surface area contributed by atoms with E-state index in [0.717, 1.165) is 30.5 Å². The SMILES string of the molecule is CCC(CC)C1C(C(=O)c2ccc(OC)nc2)=C(O)C(=O)N1c1ccc(C2=NOCC2)cc1. The van der Waals surface area contributed by atoms with Gasteiger partial charge in [-0.05, 0) is 29.7 Å². The lowest BCUT2D eigenvalue weighted by Crippen LogP contribution is -2.42. The number of nitrogens with zero attached hydrogens (tertiary/aromatic N) is 3. The van der Waals surface area contributed by atoms with Crippen molar-refractivity contribution in [3.63, 3.8) is 0 Å². The number of oxime groups is 1. The van der Waals surface area contributed by atoms with Crippen LogP contribution in [-0.4, -0.2) is 47.3 Å². The Labute approximate surface area is 192 Å². The van der Waals surface area contributed by atoms with Gasteiger partial charge in [-0.25, -0.2) is 4.98 Å². The minimum absolute atomic E-state index is 0.0176. The highest BCUT2D eigenvalue weighted by molar-refractivity contribution is 6.20. The smallest absolute Gasteiger partial charge is 0.294 e. The predicted molar refractivity (Wildman–Crippen MR) is 124 cm³/mol. The van der Waals surface area contributed by atoms with Crippen molar-refractivity contribution in [3.8, 4) is 5.88 Å².